The molecule has 0 saturated carbocycles. The number of carbonyl (C=O) groups is 1. The Morgan fingerprint density at radius 2 is 2.08 bits per heavy atom. The molecular formula is C17H24N6O2. The van der Waals surface area contributed by atoms with E-state index in [1.165, 1.54) is 4.80 Å². The number of aryl methyl sites for hydroxylation is 1. The second kappa shape index (κ2) is 7.71. The van der Waals surface area contributed by atoms with Gasteiger partial charge in [-0.05, 0) is 31.4 Å². The molecule has 2 aromatic rings. The van der Waals surface area contributed by atoms with E-state index in [4.69, 9.17) is 4.74 Å². The zero-order valence-corrected chi connectivity index (χ0v) is 14.9. The topological polar surface area (TPSA) is 76.4 Å². The summed E-state index contributed by atoms with van der Waals surface area (Å²) < 4.78 is 5.66. The molecule has 0 radical (unpaired) electrons. The average Bonchev–Trinajstić information content (AvgIpc) is 2.89. The van der Waals surface area contributed by atoms with Crippen molar-refractivity contribution in [1.82, 2.24) is 30.0 Å². The van der Waals surface area contributed by atoms with E-state index < -0.39 is 0 Å². The van der Waals surface area contributed by atoms with E-state index in [2.05, 4.69) is 20.3 Å². The van der Waals surface area contributed by atoms with Gasteiger partial charge in [0.25, 0.3) is 5.91 Å². The molecule has 0 bridgehead atoms. The van der Waals surface area contributed by atoms with Crippen LogP contribution in [-0.4, -0.2) is 82.9 Å². The summed E-state index contributed by atoms with van der Waals surface area (Å²) in [6.45, 7) is 3.51. The molecule has 8 heteroatoms. The van der Waals surface area contributed by atoms with Crippen LogP contribution in [0.5, 0.6) is 0 Å². The summed E-state index contributed by atoms with van der Waals surface area (Å²) in [4.78, 5) is 18.3. The van der Waals surface area contributed by atoms with Crippen molar-refractivity contribution in [2.45, 2.75) is 0 Å². The molecule has 1 fully saturated rings. The van der Waals surface area contributed by atoms with Crippen molar-refractivity contribution < 1.29 is 9.53 Å². The van der Waals surface area contributed by atoms with Crippen molar-refractivity contribution in [2.75, 3.05) is 46.9 Å². The Labute approximate surface area is 147 Å². The minimum absolute atomic E-state index is 0.0351. The second-order valence-electron chi connectivity index (χ2n) is 6.63. The summed E-state index contributed by atoms with van der Waals surface area (Å²) in [6.07, 6.45) is 0. The number of benzene rings is 1. The molecular weight excluding hydrogens is 320 g/mol. The quantitative estimate of drug-likeness (QED) is 0.805. The van der Waals surface area contributed by atoms with Gasteiger partial charge in [0.2, 0.25) is 5.82 Å². The monoisotopic (exact) mass is 344 g/mol. The summed E-state index contributed by atoms with van der Waals surface area (Å²) >= 11 is 0. The molecule has 1 aliphatic rings. The molecule has 1 aliphatic heterocycles. The highest BCUT2D eigenvalue weighted by molar-refractivity contribution is 5.94. The van der Waals surface area contributed by atoms with Crippen LogP contribution < -0.4 is 0 Å². The number of rotatable bonds is 4. The molecule has 1 saturated heterocycles. The predicted octanol–water partition coefficient (Wildman–Crippen LogP) is 0.527. The number of ether oxygens (including phenoxy) is 1. The standard InChI is InChI=1S/C17H24N6O2/c1-21(2)10-13-11-23(8-9-25-12-13)17(24)15-6-4-14(5-7-15)16-18-20-22(3)19-16/h4-7,13H,8-12H2,1-3H3. The largest absolute Gasteiger partial charge is 0.379 e. The number of hydrogen-bond acceptors (Lipinski definition) is 6. The van der Waals surface area contributed by atoms with Crippen LogP contribution in [0.25, 0.3) is 11.4 Å². The molecule has 2 heterocycles. The zero-order chi connectivity index (χ0) is 17.8. The molecule has 3 rings (SSSR count). The number of hydrogen-bond donors (Lipinski definition) is 0. The van der Waals surface area contributed by atoms with Crippen LogP contribution in [0, 0.1) is 5.92 Å². The normalized spacial score (nSPS) is 18.4. The SMILES string of the molecule is CN(C)CC1COCCN(C(=O)c2ccc(-c3nnn(C)n3)cc2)C1. The van der Waals surface area contributed by atoms with Gasteiger partial charge in [-0.25, -0.2) is 0 Å². The smallest absolute Gasteiger partial charge is 0.253 e. The molecule has 134 valence electrons. The molecule has 1 amide bonds. The van der Waals surface area contributed by atoms with Gasteiger partial charge in [0, 0.05) is 36.7 Å². The first-order valence-electron chi connectivity index (χ1n) is 8.39. The Hall–Kier alpha value is -2.32. The molecule has 25 heavy (non-hydrogen) atoms. The average molecular weight is 344 g/mol. The molecule has 1 atom stereocenters. The molecule has 1 aromatic carbocycles. The van der Waals surface area contributed by atoms with E-state index in [1.54, 1.807) is 7.05 Å². The van der Waals surface area contributed by atoms with Crippen LogP contribution in [0.2, 0.25) is 0 Å². The highest BCUT2D eigenvalue weighted by atomic mass is 16.5. The van der Waals surface area contributed by atoms with Crippen molar-refractivity contribution in [3.8, 4) is 11.4 Å². The third kappa shape index (κ3) is 4.40. The number of aromatic nitrogens is 4. The maximum Gasteiger partial charge on any atom is 0.253 e. The molecule has 0 aliphatic carbocycles. The van der Waals surface area contributed by atoms with E-state index in [0.717, 1.165) is 12.1 Å². The Morgan fingerprint density at radius 3 is 2.72 bits per heavy atom. The van der Waals surface area contributed by atoms with E-state index >= 15 is 0 Å². The first kappa shape index (κ1) is 17.5. The van der Waals surface area contributed by atoms with Crippen molar-refractivity contribution in [1.29, 1.82) is 0 Å². The van der Waals surface area contributed by atoms with Crippen LogP contribution in [0.3, 0.4) is 0 Å². The molecule has 0 N–H and O–H groups in total. The van der Waals surface area contributed by atoms with Crippen LogP contribution in [0.4, 0.5) is 0 Å². The van der Waals surface area contributed by atoms with Crippen molar-refractivity contribution >= 4 is 5.91 Å². The summed E-state index contributed by atoms with van der Waals surface area (Å²) in [5.41, 5.74) is 1.51. The first-order valence-corrected chi connectivity index (χ1v) is 8.39. The Morgan fingerprint density at radius 1 is 1.32 bits per heavy atom. The molecule has 0 spiro atoms. The van der Waals surface area contributed by atoms with Crippen LogP contribution in [0.15, 0.2) is 24.3 Å². The molecule has 1 aromatic heterocycles. The van der Waals surface area contributed by atoms with E-state index in [1.807, 2.05) is 43.3 Å². The van der Waals surface area contributed by atoms with Gasteiger partial charge in [-0.15, -0.1) is 10.2 Å². The highest BCUT2D eigenvalue weighted by Gasteiger charge is 2.24. The maximum atomic E-state index is 12.8. The minimum atomic E-state index is 0.0351. The number of carbonyl (C=O) groups excluding carboxylic acids is 1. The number of nitrogens with zero attached hydrogens (tertiary/aromatic N) is 6. The molecule has 8 nitrogen and oxygen atoms in total. The highest BCUT2D eigenvalue weighted by Crippen LogP contribution is 2.17. The predicted molar refractivity (Wildman–Crippen MR) is 93.0 cm³/mol. The van der Waals surface area contributed by atoms with Crippen LogP contribution in [0.1, 0.15) is 10.4 Å². The third-order valence-corrected chi connectivity index (χ3v) is 4.15. The fraction of sp³-hybridized carbons (Fsp3) is 0.529. The van der Waals surface area contributed by atoms with Gasteiger partial charge in [0.15, 0.2) is 0 Å². The fourth-order valence-electron chi connectivity index (χ4n) is 3.04. The van der Waals surface area contributed by atoms with Crippen molar-refractivity contribution in [3.05, 3.63) is 29.8 Å². The van der Waals surface area contributed by atoms with Gasteiger partial charge in [-0.2, -0.15) is 4.80 Å². The maximum absolute atomic E-state index is 12.8. The lowest BCUT2D eigenvalue weighted by atomic mass is 10.1. The second-order valence-corrected chi connectivity index (χ2v) is 6.63. The van der Waals surface area contributed by atoms with Gasteiger partial charge >= 0.3 is 0 Å². The zero-order valence-electron chi connectivity index (χ0n) is 14.9. The minimum Gasteiger partial charge on any atom is -0.379 e. The lowest BCUT2D eigenvalue weighted by Gasteiger charge is -2.25. The van der Waals surface area contributed by atoms with E-state index in [-0.39, 0.29) is 5.91 Å². The van der Waals surface area contributed by atoms with Crippen molar-refractivity contribution in [2.24, 2.45) is 13.0 Å². The molecule has 1 unspecified atom stereocenters. The lowest BCUT2D eigenvalue weighted by molar-refractivity contribution is 0.0735. The van der Waals surface area contributed by atoms with Crippen LogP contribution >= 0.6 is 0 Å². The van der Waals surface area contributed by atoms with E-state index in [9.17, 15) is 4.79 Å². The Bertz CT molecular complexity index is 712. The summed E-state index contributed by atoms with van der Waals surface area (Å²) in [5.74, 6) is 0.910. The van der Waals surface area contributed by atoms with Gasteiger partial charge in [0.05, 0.1) is 20.3 Å². The summed E-state index contributed by atoms with van der Waals surface area (Å²) in [5, 5.41) is 12.0. The summed E-state index contributed by atoms with van der Waals surface area (Å²) in [6, 6.07) is 7.35. The number of tetrazole rings is 1. The third-order valence-electron chi connectivity index (χ3n) is 4.15. The lowest BCUT2D eigenvalue weighted by Crippen LogP contribution is -2.38. The van der Waals surface area contributed by atoms with Gasteiger partial charge in [0.1, 0.15) is 0 Å². The summed E-state index contributed by atoms with van der Waals surface area (Å²) in [7, 11) is 5.80. The number of amides is 1. The van der Waals surface area contributed by atoms with Crippen molar-refractivity contribution in [3.63, 3.8) is 0 Å². The Kier molecular flexibility index (Phi) is 5.40. The first-order chi connectivity index (χ1) is 12.0. The van der Waals surface area contributed by atoms with Gasteiger partial charge < -0.3 is 14.5 Å². The van der Waals surface area contributed by atoms with Gasteiger partial charge in [-0.3, -0.25) is 4.79 Å². The van der Waals surface area contributed by atoms with Gasteiger partial charge in [-0.1, -0.05) is 12.1 Å². The van der Waals surface area contributed by atoms with E-state index in [0.29, 0.717) is 43.6 Å². The van der Waals surface area contributed by atoms with Crippen LogP contribution in [-0.2, 0) is 11.8 Å². The fourth-order valence-corrected chi connectivity index (χ4v) is 3.04. The Balaban J connectivity index is 1.71.